The first-order valence-corrected chi connectivity index (χ1v) is 8.62. The summed E-state index contributed by atoms with van der Waals surface area (Å²) in [5.41, 5.74) is 8.03. The molecule has 6 rings (SSSR count). The number of aromatic nitrogens is 4. The monoisotopic (exact) mass is 334 g/mol. The molecule has 0 aliphatic rings. The molecule has 0 bridgehead atoms. The van der Waals surface area contributed by atoms with Crippen molar-refractivity contribution in [3.63, 3.8) is 0 Å². The lowest BCUT2D eigenvalue weighted by Gasteiger charge is -2.01. The number of fused-ring (bicyclic) bond motifs is 6. The molecule has 4 nitrogen and oxygen atoms in total. The van der Waals surface area contributed by atoms with Crippen LogP contribution in [0.15, 0.2) is 72.8 Å². The standard InChI is InChI=1S/C22H14N4/c1-3-7-15-13(5-1)21-19(23-15)11-9-17(25-21)18-10-12-20-22(26-18)14-6-2-4-8-16(14)24-20/h1-12,23-24H. The smallest absolute Gasteiger partial charge is 0.0965 e. The van der Waals surface area contributed by atoms with E-state index in [-0.39, 0.29) is 0 Å². The summed E-state index contributed by atoms with van der Waals surface area (Å²) in [6.07, 6.45) is 0. The molecule has 0 aliphatic carbocycles. The highest BCUT2D eigenvalue weighted by molar-refractivity contribution is 6.06. The minimum atomic E-state index is 0.884. The predicted molar refractivity (Wildman–Crippen MR) is 106 cm³/mol. The number of aromatic amines is 2. The van der Waals surface area contributed by atoms with Gasteiger partial charge in [-0.1, -0.05) is 36.4 Å². The van der Waals surface area contributed by atoms with Crippen molar-refractivity contribution in [2.24, 2.45) is 0 Å². The summed E-state index contributed by atoms with van der Waals surface area (Å²) < 4.78 is 0. The molecule has 4 aromatic heterocycles. The average Bonchev–Trinajstić information content (AvgIpc) is 3.25. The average molecular weight is 334 g/mol. The van der Waals surface area contributed by atoms with Crippen LogP contribution in [0.4, 0.5) is 0 Å². The number of rotatable bonds is 1. The Kier molecular flexibility index (Phi) is 2.58. The zero-order valence-corrected chi connectivity index (χ0v) is 13.8. The van der Waals surface area contributed by atoms with Crippen LogP contribution in [0, 0.1) is 0 Å². The SMILES string of the molecule is c1ccc2c(c1)[nH]c1ccc(-c3ccc4[nH]c5ccccc5c4n3)nc12. The van der Waals surface area contributed by atoms with Gasteiger partial charge in [-0.3, -0.25) is 0 Å². The third-order valence-electron chi connectivity index (χ3n) is 4.96. The number of H-pyrrole nitrogens is 2. The van der Waals surface area contributed by atoms with E-state index in [1.54, 1.807) is 0 Å². The molecule has 2 N–H and O–H groups in total. The van der Waals surface area contributed by atoms with Gasteiger partial charge >= 0.3 is 0 Å². The molecule has 6 aromatic rings. The highest BCUT2D eigenvalue weighted by Gasteiger charge is 2.10. The first-order chi connectivity index (χ1) is 12.9. The largest absolute Gasteiger partial charge is 0.353 e. The van der Waals surface area contributed by atoms with Gasteiger partial charge in [-0.2, -0.15) is 0 Å². The maximum absolute atomic E-state index is 4.90. The van der Waals surface area contributed by atoms with E-state index in [0.717, 1.165) is 55.3 Å². The number of nitrogens with one attached hydrogen (secondary N) is 2. The predicted octanol–water partition coefficient (Wildman–Crippen LogP) is 5.41. The van der Waals surface area contributed by atoms with Crippen molar-refractivity contribution in [2.75, 3.05) is 0 Å². The quantitative estimate of drug-likeness (QED) is 0.422. The summed E-state index contributed by atoms with van der Waals surface area (Å²) >= 11 is 0. The van der Waals surface area contributed by atoms with Crippen molar-refractivity contribution >= 4 is 43.9 Å². The molecule has 0 fully saturated rings. The molecule has 26 heavy (non-hydrogen) atoms. The number of hydrogen-bond donors (Lipinski definition) is 2. The van der Waals surface area contributed by atoms with Gasteiger partial charge in [0.2, 0.25) is 0 Å². The first kappa shape index (κ1) is 13.6. The Morgan fingerprint density at radius 2 is 0.923 bits per heavy atom. The van der Waals surface area contributed by atoms with E-state index in [2.05, 4.69) is 46.4 Å². The van der Waals surface area contributed by atoms with Crippen LogP contribution >= 0.6 is 0 Å². The second kappa shape index (κ2) is 4.92. The van der Waals surface area contributed by atoms with Crippen LogP contribution in [0.3, 0.4) is 0 Å². The van der Waals surface area contributed by atoms with E-state index in [9.17, 15) is 0 Å². The molecular formula is C22H14N4. The summed E-state index contributed by atoms with van der Waals surface area (Å²) in [7, 11) is 0. The molecule has 0 unspecified atom stereocenters. The van der Waals surface area contributed by atoms with Crippen LogP contribution in [0.5, 0.6) is 0 Å². The molecule has 0 saturated heterocycles. The number of para-hydroxylation sites is 2. The molecule has 0 atom stereocenters. The highest BCUT2D eigenvalue weighted by atomic mass is 14.8. The number of hydrogen-bond acceptors (Lipinski definition) is 2. The lowest BCUT2D eigenvalue weighted by molar-refractivity contribution is 1.32. The summed E-state index contributed by atoms with van der Waals surface area (Å²) in [6.45, 7) is 0. The molecule has 0 saturated carbocycles. The number of nitrogens with zero attached hydrogens (tertiary/aromatic N) is 2. The van der Waals surface area contributed by atoms with Crippen molar-refractivity contribution in [3.05, 3.63) is 72.8 Å². The van der Waals surface area contributed by atoms with E-state index in [1.165, 1.54) is 0 Å². The molecule has 0 amide bonds. The van der Waals surface area contributed by atoms with Gasteiger partial charge in [-0.05, 0) is 36.4 Å². The van der Waals surface area contributed by atoms with Crippen LogP contribution in [-0.2, 0) is 0 Å². The van der Waals surface area contributed by atoms with Crippen molar-refractivity contribution < 1.29 is 0 Å². The minimum Gasteiger partial charge on any atom is -0.353 e. The molecule has 4 heterocycles. The van der Waals surface area contributed by atoms with E-state index in [4.69, 9.17) is 9.97 Å². The van der Waals surface area contributed by atoms with Crippen molar-refractivity contribution in [3.8, 4) is 11.4 Å². The second-order valence-electron chi connectivity index (χ2n) is 6.53. The Morgan fingerprint density at radius 3 is 1.42 bits per heavy atom. The van der Waals surface area contributed by atoms with Crippen LogP contribution in [0.25, 0.3) is 55.3 Å². The summed E-state index contributed by atoms with van der Waals surface area (Å²) in [4.78, 5) is 16.6. The fourth-order valence-corrected chi connectivity index (χ4v) is 3.70. The van der Waals surface area contributed by atoms with Gasteiger partial charge in [-0.15, -0.1) is 0 Å². The van der Waals surface area contributed by atoms with Gasteiger partial charge in [-0.25, -0.2) is 9.97 Å². The minimum absolute atomic E-state index is 0.884. The fourth-order valence-electron chi connectivity index (χ4n) is 3.70. The van der Waals surface area contributed by atoms with Crippen LogP contribution < -0.4 is 0 Å². The maximum atomic E-state index is 4.90. The van der Waals surface area contributed by atoms with Gasteiger partial charge in [0.25, 0.3) is 0 Å². The Hall–Kier alpha value is -3.66. The zero-order chi connectivity index (χ0) is 17.1. The van der Waals surface area contributed by atoms with Gasteiger partial charge in [0.15, 0.2) is 0 Å². The van der Waals surface area contributed by atoms with Crippen LogP contribution in [0.2, 0.25) is 0 Å². The summed E-state index contributed by atoms with van der Waals surface area (Å²) in [6, 6.07) is 24.7. The Morgan fingerprint density at radius 1 is 0.462 bits per heavy atom. The molecule has 2 aromatic carbocycles. The van der Waals surface area contributed by atoms with E-state index in [1.807, 2.05) is 36.4 Å². The van der Waals surface area contributed by atoms with Crippen LogP contribution in [0.1, 0.15) is 0 Å². The maximum Gasteiger partial charge on any atom is 0.0965 e. The molecule has 0 aliphatic heterocycles. The third-order valence-corrected chi connectivity index (χ3v) is 4.96. The summed E-state index contributed by atoms with van der Waals surface area (Å²) in [5, 5.41) is 2.27. The van der Waals surface area contributed by atoms with Gasteiger partial charge in [0, 0.05) is 21.8 Å². The zero-order valence-electron chi connectivity index (χ0n) is 13.8. The van der Waals surface area contributed by atoms with Crippen molar-refractivity contribution in [1.29, 1.82) is 0 Å². The van der Waals surface area contributed by atoms with Gasteiger partial charge in [0.05, 0.1) is 33.5 Å². The second-order valence-corrected chi connectivity index (χ2v) is 6.53. The first-order valence-electron chi connectivity index (χ1n) is 8.62. The Bertz CT molecular complexity index is 1330. The number of pyridine rings is 2. The van der Waals surface area contributed by atoms with Crippen LogP contribution in [-0.4, -0.2) is 19.9 Å². The van der Waals surface area contributed by atoms with Gasteiger partial charge in [0.1, 0.15) is 0 Å². The lowest BCUT2D eigenvalue weighted by atomic mass is 10.2. The topological polar surface area (TPSA) is 57.4 Å². The Balaban J connectivity index is 1.61. The molecular weight excluding hydrogens is 320 g/mol. The molecule has 122 valence electrons. The molecule has 4 heteroatoms. The molecule has 0 radical (unpaired) electrons. The van der Waals surface area contributed by atoms with E-state index < -0.39 is 0 Å². The Labute approximate surface area is 148 Å². The fraction of sp³-hybridized carbons (Fsp3) is 0. The third kappa shape index (κ3) is 1.84. The highest BCUT2D eigenvalue weighted by Crippen LogP contribution is 2.29. The van der Waals surface area contributed by atoms with Crippen molar-refractivity contribution in [2.45, 2.75) is 0 Å². The van der Waals surface area contributed by atoms with E-state index in [0.29, 0.717) is 0 Å². The normalized spacial score (nSPS) is 11.8. The lowest BCUT2D eigenvalue weighted by Crippen LogP contribution is -1.88. The van der Waals surface area contributed by atoms with E-state index >= 15 is 0 Å². The van der Waals surface area contributed by atoms with Gasteiger partial charge < -0.3 is 9.97 Å². The van der Waals surface area contributed by atoms with Crippen molar-refractivity contribution in [1.82, 2.24) is 19.9 Å². The molecule has 0 spiro atoms. The summed E-state index contributed by atoms with van der Waals surface area (Å²) in [5.74, 6) is 0. The number of benzene rings is 2.